The van der Waals surface area contributed by atoms with Crippen LogP contribution < -0.4 is 14.9 Å². The van der Waals surface area contributed by atoms with Gasteiger partial charge >= 0.3 is 0 Å². The maximum Gasteiger partial charge on any atom is 0.253 e. The number of likely N-dealkylation sites (tertiary alicyclic amines) is 1. The van der Waals surface area contributed by atoms with Gasteiger partial charge in [-0.1, -0.05) is 6.07 Å². The summed E-state index contributed by atoms with van der Waals surface area (Å²) in [6.45, 7) is 0.920. The van der Waals surface area contributed by atoms with Crippen LogP contribution in [0, 0.1) is 11.7 Å². The molecule has 3 rings (SSSR count). The first kappa shape index (κ1) is 21.3. The van der Waals surface area contributed by atoms with Crippen molar-refractivity contribution in [1.29, 1.82) is 0 Å². The van der Waals surface area contributed by atoms with Gasteiger partial charge in [0.1, 0.15) is 5.82 Å². The van der Waals surface area contributed by atoms with E-state index in [-0.39, 0.29) is 23.5 Å². The minimum absolute atomic E-state index is 0.156. The lowest BCUT2D eigenvalue weighted by atomic mass is 9.95. The number of nitrogens with zero attached hydrogens (tertiary/aromatic N) is 2. The molecule has 0 unspecified atom stereocenters. The van der Waals surface area contributed by atoms with E-state index in [0.717, 1.165) is 0 Å². The molecule has 0 saturated carbocycles. The molecule has 2 aromatic rings. The molecular weight excluding hydrogens is 389 g/mol. The lowest BCUT2D eigenvalue weighted by Gasteiger charge is -2.31. The highest BCUT2D eigenvalue weighted by Crippen LogP contribution is 2.29. The highest BCUT2D eigenvalue weighted by Gasteiger charge is 2.27. The third-order valence-electron chi connectivity index (χ3n) is 5.06. The number of nitrogens with one attached hydrogen (secondary N) is 1. The second kappa shape index (κ2) is 9.87. The largest absolute Gasteiger partial charge is 0.493 e. The number of carbonyl (C=O) groups excluding carboxylic acids is 2. The van der Waals surface area contributed by atoms with E-state index in [1.807, 2.05) is 0 Å². The van der Waals surface area contributed by atoms with Crippen LogP contribution in [0.25, 0.3) is 0 Å². The fourth-order valence-electron chi connectivity index (χ4n) is 3.39. The molecule has 0 aliphatic carbocycles. The summed E-state index contributed by atoms with van der Waals surface area (Å²) in [7, 11) is 3.09. The maximum absolute atomic E-state index is 13.0. The molecule has 0 spiro atoms. The predicted octanol–water partition coefficient (Wildman–Crippen LogP) is 2.85. The average Bonchev–Trinajstić information content (AvgIpc) is 2.78. The Kier molecular flexibility index (Phi) is 7.00. The second-order valence-corrected chi connectivity index (χ2v) is 6.89. The van der Waals surface area contributed by atoms with Gasteiger partial charge in [-0.15, -0.1) is 0 Å². The molecule has 0 bridgehead atoms. The number of hydrogen-bond donors (Lipinski definition) is 1. The molecule has 1 aliphatic rings. The van der Waals surface area contributed by atoms with Crippen LogP contribution in [0.4, 0.5) is 4.39 Å². The Morgan fingerprint density at radius 1 is 1.10 bits per heavy atom. The zero-order valence-electron chi connectivity index (χ0n) is 16.9. The van der Waals surface area contributed by atoms with E-state index in [2.05, 4.69) is 10.5 Å². The van der Waals surface area contributed by atoms with Crippen LogP contribution >= 0.6 is 0 Å². The molecule has 0 atom stereocenters. The Morgan fingerprint density at radius 2 is 1.80 bits per heavy atom. The van der Waals surface area contributed by atoms with Crippen molar-refractivity contribution < 1.29 is 23.5 Å². The highest BCUT2D eigenvalue weighted by atomic mass is 19.1. The van der Waals surface area contributed by atoms with E-state index in [1.54, 1.807) is 30.2 Å². The monoisotopic (exact) mass is 413 g/mol. The summed E-state index contributed by atoms with van der Waals surface area (Å²) in [5.41, 5.74) is 3.68. The van der Waals surface area contributed by atoms with Crippen molar-refractivity contribution in [2.75, 3.05) is 27.3 Å². The lowest BCUT2D eigenvalue weighted by Crippen LogP contribution is -2.42. The van der Waals surface area contributed by atoms with Crippen molar-refractivity contribution in [2.45, 2.75) is 12.8 Å². The van der Waals surface area contributed by atoms with Gasteiger partial charge in [0.25, 0.3) is 5.91 Å². The van der Waals surface area contributed by atoms with Gasteiger partial charge in [0, 0.05) is 30.1 Å². The van der Waals surface area contributed by atoms with Gasteiger partial charge in [0.05, 0.1) is 20.4 Å². The van der Waals surface area contributed by atoms with Crippen LogP contribution in [0.15, 0.2) is 47.6 Å². The predicted molar refractivity (Wildman–Crippen MR) is 110 cm³/mol. The molecular formula is C22H24FN3O4. The Labute approximate surface area is 174 Å². The molecule has 1 fully saturated rings. The molecule has 7 nitrogen and oxygen atoms in total. The SMILES string of the molecule is COc1cccc(/C=N\NC(=O)C2CCN(C(=O)c3ccc(F)cc3)CC2)c1OC. The van der Waals surface area contributed by atoms with Gasteiger partial charge in [-0.3, -0.25) is 9.59 Å². The Hall–Kier alpha value is -3.42. The molecule has 2 aromatic carbocycles. The highest BCUT2D eigenvalue weighted by molar-refractivity contribution is 5.94. The summed E-state index contributed by atoms with van der Waals surface area (Å²) in [4.78, 5) is 26.6. The van der Waals surface area contributed by atoms with Crippen molar-refractivity contribution in [3.05, 3.63) is 59.4 Å². The Balaban J connectivity index is 1.53. The summed E-state index contributed by atoms with van der Waals surface area (Å²) in [6, 6.07) is 10.9. The van der Waals surface area contributed by atoms with E-state index in [0.29, 0.717) is 48.6 Å². The van der Waals surface area contributed by atoms with E-state index >= 15 is 0 Å². The molecule has 0 aromatic heterocycles. The number of piperidine rings is 1. The number of carbonyl (C=O) groups is 2. The van der Waals surface area contributed by atoms with Gasteiger partial charge in [-0.05, 0) is 49.2 Å². The summed E-state index contributed by atoms with van der Waals surface area (Å²) < 4.78 is 23.6. The van der Waals surface area contributed by atoms with Gasteiger partial charge in [-0.25, -0.2) is 9.82 Å². The molecule has 30 heavy (non-hydrogen) atoms. The molecule has 1 aliphatic heterocycles. The molecule has 1 N–H and O–H groups in total. The summed E-state index contributed by atoms with van der Waals surface area (Å²) in [5.74, 6) is 0.149. The molecule has 1 heterocycles. The number of rotatable bonds is 6. The first-order valence-electron chi connectivity index (χ1n) is 9.62. The number of hydrazone groups is 1. The number of ether oxygens (including phenoxy) is 2. The van der Waals surface area contributed by atoms with Gasteiger partial charge in [0.15, 0.2) is 11.5 Å². The number of hydrogen-bond acceptors (Lipinski definition) is 5. The van der Waals surface area contributed by atoms with Crippen LogP contribution in [0.5, 0.6) is 11.5 Å². The molecule has 8 heteroatoms. The van der Waals surface area contributed by atoms with Crippen molar-refractivity contribution >= 4 is 18.0 Å². The molecule has 2 amide bonds. The van der Waals surface area contributed by atoms with Crippen LogP contribution in [0.2, 0.25) is 0 Å². The van der Waals surface area contributed by atoms with Crippen LogP contribution in [-0.4, -0.2) is 50.2 Å². The van der Waals surface area contributed by atoms with Gasteiger partial charge in [-0.2, -0.15) is 5.10 Å². The lowest BCUT2D eigenvalue weighted by molar-refractivity contribution is -0.126. The fraction of sp³-hybridized carbons (Fsp3) is 0.318. The summed E-state index contributed by atoms with van der Waals surface area (Å²) in [5, 5.41) is 4.03. The van der Waals surface area contributed by atoms with E-state index in [1.165, 1.54) is 37.6 Å². The number of para-hydroxylation sites is 1. The Bertz CT molecular complexity index is 922. The first-order chi connectivity index (χ1) is 14.5. The minimum atomic E-state index is -0.381. The zero-order chi connectivity index (χ0) is 21.5. The van der Waals surface area contributed by atoms with Crippen LogP contribution in [0.3, 0.4) is 0 Å². The molecule has 158 valence electrons. The average molecular weight is 413 g/mol. The second-order valence-electron chi connectivity index (χ2n) is 6.89. The number of methoxy groups -OCH3 is 2. The van der Waals surface area contributed by atoms with Crippen molar-refractivity contribution in [2.24, 2.45) is 11.0 Å². The zero-order valence-corrected chi connectivity index (χ0v) is 16.9. The quantitative estimate of drug-likeness (QED) is 0.583. The van der Waals surface area contributed by atoms with Crippen molar-refractivity contribution in [1.82, 2.24) is 10.3 Å². The fourth-order valence-corrected chi connectivity index (χ4v) is 3.39. The van der Waals surface area contributed by atoms with E-state index in [4.69, 9.17) is 9.47 Å². The maximum atomic E-state index is 13.0. The van der Waals surface area contributed by atoms with Gasteiger partial charge in [0.2, 0.25) is 5.91 Å². The standard InChI is InChI=1S/C22H24FN3O4/c1-29-19-5-3-4-17(20(19)30-2)14-24-25-21(27)15-10-12-26(13-11-15)22(28)16-6-8-18(23)9-7-16/h3-9,14-15H,10-13H2,1-2H3,(H,25,27)/b24-14-. The number of halogens is 1. The topological polar surface area (TPSA) is 80.2 Å². The normalized spacial score (nSPS) is 14.6. The van der Waals surface area contributed by atoms with E-state index < -0.39 is 0 Å². The van der Waals surface area contributed by atoms with Crippen LogP contribution in [0.1, 0.15) is 28.8 Å². The number of amides is 2. The minimum Gasteiger partial charge on any atom is -0.493 e. The van der Waals surface area contributed by atoms with Crippen LogP contribution in [-0.2, 0) is 4.79 Å². The van der Waals surface area contributed by atoms with Crippen molar-refractivity contribution in [3.63, 3.8) is 0 Å². The van der Waals surface area contributed by atoms with Crippen molar-refractivity contribution in [3.8, 4) is 11.5 Å². The summed E-state index contributed by atoms with van der Waals surface area (Å²) in [6.07, 6.45) is 2.58. The third kappa shape index (κ3) is 4.94. The summed E-state index contributed by atoms with van der Waals surface area (Å²) >= 11 is 0. The Morgan fingerprint density at radius 3 is 2.43 bits per heavy atom. The first-order valence-corrected chi connectivity index (χ1v) is 9.62. The van der Waals surface area contributed by atoms with Gasteiger partial charge < -0.3 is 14.4 Å². The third-order valence-corrected chi connectivity index (χ3v) is 5.06. The number of benzene rings is 2. The van der Waals surface area contributed by atoms with E-state index in [9.17, 15) is 14.0 Å². The molecule has 0 radical (unpaired) electrons. The molecule has 1 saturated heterocycles. The smallest absolute Gasteiger partial charge is 0.253 e.